The summed E-state index contributed by atoms with van der Waals surface area (Å²) in [4.78, 5) is 11.2. The maximum atomic E-state index is 11.2. The van der Waals surface area contributed by atoms with Gasteiger partial charge in [-0.2, -0.15) is 0 Å². The molecule has 0 aliphatic carbocycles. The monoisotopic (exact) mass is 247 g/mol. The van der Waals surface area contributed by atoms with Crippen LogP contribution in [0.3, 0.4) is 0 Å². The summed E-state index contributed by atoms with van der Waals surface area (Å²) in [6.07, 6.45) is 0. The molecule has 0 saturated carbocycles. The van der Waals surface area contributed by atoms with Crippen LogP contribution in [-0.2, 0) is 9.53 Å². The van der Waals surface area contributed by atoms with Crippen molar-refractivity contribution in [2.45, 2.75) is 5.92 Å². The number of esters is 1. The molecule has 0 fully saturated rings. The maximum absolute atomic E-state index is 11.2. The molecule has 0 radical (unpaired) electrons. The molecule has 0 amide bonds. The Labute approximate surface area is 84.2 Å². The lowest BCUT2D eigenvalue weighted by molar-refractivity contribution is -0.142. The minimum absolute atomic E-state index is 0.173. The van der Waals surface area contributed by atoms with Crippen LogP contribution in [0.25, 0.3) is 0 Å². The van der Waals surface area contributed by atoms with Crippen molar-refractivity contribution in [3.63, 3.8) is 0 Å². The molecule has 2 N–H and O–H groups in total. The van der Waals surface area contributed by atoms with Gasteiger partial charge in [0.15, 0.2) is 4.67 Å². The Morgan fingerprint density at radius 3 is 2.85 bits per heavy atom. The topological polar surface area (TPSA) is 65.5 Å². The first-order valence-corrected chi connectivity index (χ1v) is 4.51. The van der Waals surface area contributed by atoms with E-state index in [1.54, 1.807) is 12.1 Å². The number of methoxy groups -OCH3 is 1. The molecule has 5 heteroatoms. The third-order valence-corrected chi connectivity index (χ3v) is 2.09. The van der Waals surface area contributed by atoms with Crippen LogP contribution in [0.15, 0.2) is 21.2 Å². The van der Waals surface area contributed by atoms with E-state index in [2.05, 4.69) is 20.7 Å². The van der Waals surface area contributed by atoms with Gasteiger partial charge in [-0.05, 0) is 28.1 Å². The Kier molecular flexibility index (Phi) is 3.50. The van der Waals surface area contributed by atoms with Gasteiger partial charge in [0.2, 0.25) is 0 Å². The van der Waals surface area contributed by atoms with E-state index in [-0.39, 0.29) is 12.5 Å². The minimum Gasteiger partial charge on any atom is -0.468 e. The van der Waals surface area contributed by atoms with Crippen LogP contribution in [0.2, 0.25) is 0 Å². The predicted octanol–water partition coefficient (Wildman–Crippen LogP) is 1.26. The zero-order chi connectivity index (χ0) is 9.84. The molecule has 72 valence electrons. The first kappa shape index (κ1) is 10.3. The molecule has 13 heavy (non-hydrogen) atoms. The molecule has 0 saturated heterocycles. The van der Waals surface area contributed by atoms with E-state index in [0.717, 1.165) is 0 Å². The lowest BCUT2D eigenvalue weighted by atomic mass is 10.1. The van der Waals surface area contributed by atoms with Gasteiger partial charge in [0.25, 0.3) is 0 Å². The molecule has 0 spiro atoms. The highest BCUT2D eigenvalue weighted by Crippen LogP contribution is 2.22. The van der Waals surface area contributed by atoms with Crippen molar-refractivity contribution >= 4 is 21.9 Å². The third-order valence-electron chi connectivity index (χ3n) is 1.66. The Morgan fingerprint density at radius 2 is 2.46 bits per heavy atom. The number of nitrogens with two attached hydrogens (primary N) is 1. The fourth-order valence-corrected chi connectivity index (χ4v) is 1.31. The van der Waals surface area contributed by atoms with E-state index < -0.39 is 5.92 Å². The van der Waals surface area contributed by atoms with Gasteiger partial charge in [-0.1, -0.05) is 0 Å². The van der Waals surface area contributed by atoms with Crippen LogP contribution in [-0.4, -0.2) is 19.6 Å². The maximum Gasteiger partial charge on any atom is 0.317 e. The smallest absolute Gasteiger partial charge is 0.317 e. The molecule has 1 aromatic heterocycles. The molecule has 0 aliphatic rings. The molecule has 0 aliphatic heterocycles. The van der Waals surface area contributed by atoms with Gasteiger partial charge in [0.1, 0.15) is 11.7 Å². The summed E-state index contributed by atoms with van der Waals surface area (Å²) < 4.78 is 10.3. The zero-order valence-corrected chi connectivity index (χ0v) is 8.71. The van der Waals surface area contributed by atoms with Gasteiger partial charge in [0.05, 0.1) is 7.11 Å². The highest BCUT2D eigenvalue weighted by atomic mass is 79.9. The summed E-state index contributed by atoms with van der Waals surface area (Å²) in [5, 5.41) is 0. The standard InChI is InChI=1S/C8H10BrNO3/c1-12-8(11)5(4-10)6-2-3-7(9)13-6/h2-3,5H,4,10H2,1H3. The molecule has 4 nitrogen and oxygen atoms in total. The van der Waals surface area contributed by atoms with Gasteiger partial charge in [-0.3, -0.25) is 4.79 Å². The van der Waals surface area contributed by atoms with E-state index in [0.29, 0.717) is 10.4 Å². The molecule has 1 unspecified atom stereocenters. The van der Waals surface area contributed by atoms with E-state index in [1.165, 1.54) is 7.11 Å². The van der Waals surface area contributed by atoms with Crippen molar-refractivity contribution in [2.24, 2.45) is 5.73 Å². The molecule has 0 aromatic carbocycles. The number of halogens is 1. The van der Waals surface area contributed by atoms with E-state index in [9.17, 15) is 4.79 Å². The fraction of sp³-hybridized carbons (Fsp3) is 0.375. The van der Waals surface area contributed by atoms with Crippen molar-refractivity contribution in [3.05, 3.63) is 22.6 Å². The highest BCUT2D eigenvalue weighted by Gasteiger charge is 2.22. The van der Waals surface area contributed by atoms with Gasteiger partial charge in [-0.25, -0.2) is 0 Å². The van der Waals surface area contributed by atoms with Crippen molar-refractivity contribution in [1.82, 2.24) is 0 Å². The number of ether oxygens (including phenoxy) is 1. The van der Waals surface area contributed by atoms with Gasteiger partial charge < -0.3 is 14.9 Å². The number of hydrogen-bond acceptors (Lipinski definition) is 4. The lowest BCUT2D eigenvalue weighted by Gasteiger charge is -2.08. The van der Waals surface area contributed by atoms with Crippen molar-refractivity contribution in [2.75, 3.05) is 13.7 Å². The summed E-state index contributed by atoms with van der Waals surface area (Å²) in [6, 6.07) is 3.40. The van der Waals surface area contributed by atoms with Crippen molar-refractivity contribution in [3.8, 4) is 0 Å². The average molecular weight is 248 g/mol. The number of rotatable bonds is 3. The Balaban J connectivity index is 2.84. The van der Waals surface area contributed by atoms with Gasteiger partial charge in [0, 0.05) is 6.54 Å². The van der Waals surface area contributed by atoms with Gasteiger partial charge in [-0.15, -0.1) is 0 Å². The second kappa shape index (κ2) is 4.43. The van der Waals surface area contributed by atoms with Crippen molar-refractivity contribution < 1.29 is 13.9 Å². The molecule has 1 aromatic rings. The first-order valence-electron chi connectivity index (χ1n) is 3.72. The summed E-state index contributed by atoms with van der Waals surface area (Å²) in [5.41, 5.74) is 5.41. The Hall–Kier alpha value is -0.810. The Bertz CT molecular complexity index is 297. The molecule has 1 rings (SSSR count). The average Bonchev–Trinajstić information content (AvgIpc) is 2.53. The van der Waals surface area contributed by atoms with Crippen LogP contribution in [0.1, 0.15) is 11.7 Å². The summed E-state index contributed by atoms with van der Waals surface area (Å²) >= 11 is 3.14. The Morgan fingerprint density at radius 1 is 1.77 bits per heavy atom. The van der Waals surface area contributed by atoms with Crippen LogP contribution in [0.5, 0.6) is 0 Å². The van der Waals surface area contributed by atoms with E-state index in [4.69, 9.17) is 10.2 Å². The third kappa shape index (κ3) is 2.32. The van der Waals surface area contributed by atoms with Crippen LogP contribution >= 0.6 is 15.9 Å². The van der Waals surface area contributed by atoms with E-state index >= 15 is 0 Å². The first-order chi connectivity index (χ1) is 6.19. The SMILES string of the molecule is COC(=O)C(CN)c1ccc(Br)o1. The molecule has 1 heterocycles. The predicted molar refractivity (Wildman–Crippen MR) is 50.2 cm³/mol. The quantitative estimate of drug-likeness (QED) is 0.817. The summed E-state index contributed by atoms with van der Waals surface area (Å²) in [5.74, 6) is -0.387. The second-order valence-corrected chi connectivity index (χ2v) is 3.23. The number of furan rings is 1. The molecule has 0 bridgehead atoms. The fourth-order valence-electron chi connectivity index (χ4n) is 0.986. The minimum atomic E-state index is -0.517. The highest BCUT2D eigenvalue weighted by molar-refractivity contribution is 9.10. The van der Waals surface area contributed by atoms with Gasteiger partial charge >= 0.3 is 5.97 Å². The molecular formula is C8H10BrNO3. The van der Waals surface area contributed by atoms with Crippen LogP contribution in [0, 0.1) is 0 Å². The largest absolute Gasteiger partial charge is 0.468 e. The number of hydrogen-bond donors (Lipinski definition) is 1. The summed E-state index contributed by atoms with van der Waals surface area (Å²) in [7, 11) is 1.32. The van der Waals surface area contributed by atoms with E-state index in [1.807, 2.05) is 0 Å². The summed E-state index contributed by atoms with van der Waals surface area (Å²) in [6.45, 7) is 0.173. The molecular weight excluding hydrogens is 238 g/mol. The lowest BCUT2D eigenvalue weighted by Crippen LogP contribution is -2.22. The number of carbonyl (C=O) groups is 1. The number of carbonyl (C=O) groups excluding carboxylic acids is 1. The zero-order valence-electron chi connectivity index (χ0n) is 7.12. The second-order valence-electron chi connectivity index (χ2n) is 2.45. The van der Waals surface area contributed by atoms with Crippen LogP contribution < -0.4 is 5.73 Å². The van der Waals surface area contributed by atoms with Crippen molar-refractivity contribution in [1.29, 1.82) is 0 Å². The normalized spacial score (nSPS) is 12.5. The van der Waals surface area contributed by atoms with Crippen LogP contribution in [0.4, 0.5) is 0 Å². The molecule has 1 atom stereocenters.